The number of anilines is 2. The molecule has 0 saturated carbocycles. The van der Waals surface area contributed by atoms with Crippen molar-refractivity contribution in [2.45, 2.75) is 20.3 Å². The van der Waals surface area contributed by atoms with E-state index in [0.29, 0.717) is 26.5 Å². The van der Waals surface area contributed by atoms with Gasteiger partial charge in [-0.25, -0.2) is 15.0 Å². The van der Waals surface area contributed by atoms with Crippen LogP contribution in [0, 0.1) is 13.8 Å². The fourth-order valence-electron chi connectivity index (χ4n) is 2.96. The highest BCUT2D eigenvalue weighted by Gasteiger charge is 2.10. The molecule has 0 spiro atoms. The Bertz CT molecular complexity index is 1160. The van der Waals surface area contributed by atoms with E-state index in [2.05, 4.69) is 66.3 Å². The van der Waals surface area contributed by atoms with Crippen LogP contribution in [0.2, 0.25) is 5.15 Å². The van der Waals surface area contributed by atoms with Crippen molar-refractivity contribution in [2.75, 3.05) is 5.32 Å². The van der Waals surface area contributed by atoms with E-state index in [1.54, 1.807) is 0 Å². The summed E-state index contributed by atoms with van der Waals surface area (Å²) in [6, 6.07) is 12.3. The molecule has 0 fully saturated rings. The van der Waals surface area contributed by atoms with Gasteiger partial charge in [0, 0.05) is 17.6 Å². The summed E-state index contributed by atoms with van der Waals surface area (Å²) in [6.07, 6.45) is 4.29. The first-order valence-corrected chi connectivity index (χ1v) is 9.91. The third-order valence-corrected chi connectivity index (χ3v) is 5.61. The van der Waals surface area contributed by atoms with Gasteiger partial charge in [0.15, 0.2) is 5.82 Å². The van der Waals surface area contributed by atoms with Crippen LogP contribution in [0.5, 0.6) is 0 Å². The molecule has 0 radical (unpaired) electrons. The molecule has 0 saturated heterocycles. The number of hydrogen-bond donors (Lipinski definition) is 1. The van der Waals surface area contributed by atoms with Gasteiger partial charge < -0.3 is 5.32 Å². The van der Waals surface area contributed by atoms with E-state index in [-0.39, 0.29) is 0 Å². The lowest BCUT2D eigenvalue weighted by Crippen LogP contribution is -2.00. The van der Waals surface area contributed by atoms with Gasteiger partial charge in [-0.3, -0.25) is 4.98 Å². The van der Waals surface area contributed by atoms with Crippen LogP contribution in [0.1, 0.15) is 22.4 Å². The molecule has 7 heteroatoms. The van der Waals surface area contributed by atoms with Crippen LogP contribution in [0.4, 0.5) is 11.5 Å². The first kappa shape index (κ1) is 18.8. The SMILES string of the molecule is Cc1ccc(Cc2ccc(Nc3ncnc4cc(Br)c(Cl)nc34)cc2C)cn1. The smallest absolute Gasteiger partial charge is 0.160 e. The van der Waals surface area contributed by atoms with Crippen LogP contribution in [0.15, 0.2) is 53.4 Å². The fraction of sp³-hybridized carbons (Fsp3) is 0.143. The molecule has 3 heterocycles. The van der Waals surface area contributed by atoms with E-state index < -0.39 is 0 Å². The Morgan fingerprint density at radius 3 is 2.64 bits per heavy atom. The fourth-order valence-corrected chi connectivity index (χ4v) is 3.41. The molecule has 0 aliphatic carbocycles. The number of nitrogens with zero attached hydrogens (tertiary/aromatic N) is 4. The Balaban J connectivity index is 1.61. The average molecular weight is 455 g/mol. The summed E-state index contributed by atoms with van der Waals surface area (Å²) in [5.41, 5.74) is 6.95. The number of pyridine rings is 2. The van der Waals surface area contributed by atoms with E-state index >= 15 is 0 Å². The van der Waals surface area contributed by atoms with Crippen molar-refractivity contribution in [1.29, 1.82) is 0 Å². The van der Waals surface area contributed by atoms with Crippen molar-refractivity contribution in [3.63, 3.8) is 0 Å². The van der Waals surface area contributed by atoms with Gasteiger partial charge in [-0.15, -0.1) is 0 Å². The van der Waals surface area contributed by atoms with Crippen LogP contribution < -0.4 is 5.32 Å². The van der Waals surface area contributed by atoms with Crippen LogP contribution in [0.3, 0.4) is 0 Å². The van der Waals surface area contributed by atoms with Crippen LogP contribution in [0.25, 0.3) is 11.0 Å². The molecule has 140 valence electrons. The second kappa shape index (κ2) is 7.81. The van der Waals surface area contributed by atoms with Crippen molar-refractivity contribution >= 4 is 50.1 Å². The second-order valence-corrected chi connectivity index (χ2v) is 7.81. The lowest BCUT2D eigenvalue weighted by molar-refractivity contribution is 1.09. The number of fused-ring (bicyclic) bond motifs is 1. The molecule has 3 aromatic heterocycles. The van der Waals surface area contributed by atoms with Gasteiger partial charge in [0.25, 0.3) is 0 Å². The summed E-state index contributed by atoms with van der Waals surface area (Å²) in [5.74, 6) is 0.620. The zero-order chi connectivity index (χ0) is 19.7. The van der Waals surface area contributed by atoms with Gasteiger partial charge in [0.2, 0.25) is 0 Å². The topological polar surface area (TPSA) is 63.6 Å². The summed E-state index contributed by atoms with van der Waals surface area (Å²) >= 11 is 9.53. The number of nitrogens with one attached hydrogen (secondary N) is 1. The zero-order valence-corrected chi connectivity index (χ0v) is 17.7. The molecule has 28 heavy (non-hydrogen) atoms. The molecular weight excluding hydrogens is 438 g/mol. The maximum absolute atomic E-state index is 6.15. The Hall–Kier alpha value is -2.57. The molecule has 0 amide bonds. The largest absolute Gasteiger partial charge is 0.338 e. The summed E-state index contributed by atoms with van der Waals surface area (Å²) < 4.78 is 0.706. The van der Waals surface area contributed by atoms with E-state index in [9.17, 15) is 0 Å². The molecular formula is C21H17BrClN5. The molecule has 4 aromatic rings. The lowest BCUT2D eigenvalue weighted by Gasteiger charge is -2.12. The standard InChI is InChI=1S/C21H17BrClN5/c1-12-7-16(6-5-15(12)8-14-4-3-13(2)24-10-14)27-21-19-18(25-11-26-21)9-17(22)20(23)28-19/h3-7,9-11H,8H2,1-2H3,(H,25,26,27). The minimum Gasteiger partial charge on any atom is -0.338 e. The number of halogens is 2. The third kappa shape index (κ3) is 3.98. The van der Waals surface area contributed by atoms with Gasteiger partial charge in [-0.1, -0.05) is 23.7 Å². The molecule has 0 unspecified atom stereocenters. The summed E-state index contributed by atoms with van der Waals surface area (Å²) in [7, 11) is 0. The maximum Gasteiger partial charge on any atom is 0.160 e. The van der Waals surface area contributed by atoms with Gasteiger partial charge in [-0.2, -0.15) is 0 Å². The van der Waals surface area contributed by atoms with Crippen molar-refractivity contribution < 1.29 is 0 Å². The molecule has 0 aliphatic rings. The maximum atomic E-state index is 6.15. The number of rotatable bonds is 4. The minimum atomic E-state index is 0.378. The van der Waals surface area contributed by atoms with Gasteiger partial charge >= 0.3 is 0 Å². The normalized spacial score (nSPS) is 11.0. The molecule has 5 nitrogen and oxygen atoms in total. The molecule has 1 aromatic carbocycles. The van der Waals surface area contributed by atoms with E-state index in [4.69, 9.17) is 11.6 Å². The predicted molar refractivity (Wildman–Crippen MR) is 116 cm³/mol. The molecule has 0 atom stereocenters. The van der Waals surface area contributed by atoms with E-state index in [1.807, 2.05) is 31.3 Å². The molecule has 0 aliphatic heterocycles. The van der Waals surface area contributed by atoms with Crippen molar-refractivity contribution in [2.24, 2.45) is 0 Å². The highest BCUT2D eigenvalue weighted by Crippen LogP contribution is 2.28. The van der Waals surface area contributed by atoms with Crippen molar-refractivity contribution in [1.82, 2.24) is 19.9 Å². The van der Waals surface area contributed by atoms with Gasteiger partial charge in [0.1, 0.15) is 17.0 Å². The first-order valence-electron chi connectivity index (χ1n) is 8.74. The minimum absolute atomic E-state index is 0.378. The highest BCUT2D eigenvalue weighted by molar-refractivity contribution is 9.10. The first-order chi connectivity index (χ1) is 13.5. The van der Waals surface area contributed by atoms with Crippen LogP contribution in [-0.4, -0.2) is 19.9 Å². The predicted octanol–water partition coefficient (Wildman–Crippen LogP) is 5.79. The number of benzene rings is 1. The average Bonchev–Trinajstić information content (AvgIpc) is 2.67. The Kier molecular flexibility index (Phi) is 5.24. The Morgan fingerprint density at radius 1 is 1.04 bits per heavy atom. The lowest BCUT2D eigenvalue weighted by atomic mass is 10.0. The van der Waals surface area contributed by atoms with E-state index in [0.717, 1.165) is 17.8 Å². The van der Waals surface area contributed by atoms with Crippen molar-refractivity contribution in [3.05, 3.63) is 80.9 Å². The van der Waals surface area contributed by atoms with Gasteiger partial charge in [-0.05, 0) is 77.2 Å². The zero-order valence-electron chi connectivity index (χ0n) is 15.4. The number of aromatic nitrogens is 4. The van der Waals surface area contributed by atoms with Gasteiger partial charge in [0.05, 0.1) is 9.99 Å². The summed E-state index contributed by atoms with van der Waals surface area (Å²) in [4.78, 5) is 17.4. The number of hydrogen-bond acceptors (Lipinski definition) is 5. The molecule has 4 rings (SSSR count). The third-order valence-electron chi connectivity index (χ3n) is 4.49. The number of aryl methyl sites for hydroxylation is 2. The molecule has 1 N–H and O–H groups in total. The van der Waals surface area contributed by atoms with Crippen LogP contribution in [-0.2, 0) is 6.42 Å². The summed E-state index contributed by atoms with van der Waals surface area (Å²) in [6.45, 7) is 4.10. The molecule has 0 bridgehead atoms. The Morgan fingerprint density at radius 2 is 1.89 bits per heavy atom. The second-order valence-electron chi connectivity index (χ2n) is 6.60. The van der Waals surface area contributed by atoms with Crippen LogP contribution >= 0.6 is 27.5 Å². The Labute approximate surface area is 176 Å². The summed E-state index contributed by atoms with van der Waals surface area (Å²) in [5, 5.41) is 3.71. The monoisotopic (exact) mass is 453 g/mol. The van der Waals surface area contributed by atoms with Crippen molar-refractivity contribution in [3.8, 4) is 0 Å². The van der Waals surface area contributed by atoms with E-state index in [1.165, 1.54) is 23.0 Å². The quantitative estimate of drug-likeness (QED) is 0.396. The highest BCUT2D eigenvalue weighted by atomic mass is 79.9.